The van der Waals surface area contributed by atoms with Gasteiger partial charge >= 0.3 is 6.09 Å². The van der Waals surface area contributed by atoms with Crippen molar-refractivity contribution in [2.45, 2.75) is 60.0 Å². The molecule has 10 heteroatoms. The molecule has 0 unspecified atom stereocenters. The fraction of sp³-hybridized carbons (Fsp3) is 0.667. The maximum Gasteiger partial charge on any atom is 0.407 e. The smallest absolute Gasteiger partial charge is 0.407 e. The van der Waals surface area contributed by atoms with E-state index in [4.69, 9.17) is 14.2 Å². The standard InChI is InChI=1S/C21H30N2O7S/c24-16(13-28-17-2-1-3-19(10-17)31(26,27)18-4-5-18)14-29-20(25)23-15-11-21(30-12-15)6-8-22-9-7-21/h1-3,10,15-16,18,22,24H,4-9,11-14H2,(H,23,25)/t15-,16-/m0/s1. The molecule has 3 fully saturated rings. The number of hydrogen-bond donors (Lipinski definition) is 3. The van der Waals surface area contributed by atoms with Crippen LogP contribution in [0.25, 0.3) is 0 Å². The van der Waals surface area contributed by atoms with E-state index >= 15 is 0 Å². The molecule has 2 atom stereocenters. The van der Waals surface area contributed by atoms with E-state index < -0.39 is 22.0 Å². The SMILES string of the molecule is O=C(N[C@@H]1COC2(CCNCC2)C1)OC[C@@H](O)COc1cccc(S(=O)(=O)C2CC2)c1. The lowest BCUT2D eigenvalue weighted by Gasteiger charge is -2.32. The molecule has 9 nitrogen and oxygen atoms in total. The van der Waals surface area contributed by atoms with E-state index in [1.165, 1.54) is 6.07 Å². The summed E-state index contributed by atoms with van der Waals surface area (Å²) in [4.78, 5) is 12.3. The summed E-state index contributed by atoms with van der Waals surface area (Å²) < 4.78 is 41.2. The number of nitrogens with one attached hydrogen (secondary N) is 2. The Balaban J connectivity index is 1.18. The number of rotatable bonds is 8. The van der Waals surface area contributed by atoms with Crippen LogP contribution in [-0.2, 0) is 19.3 Å². The Morgan fingerprint density at radius 2 is 2.06 bits per heavy atom. The molecule has 2 heterocycles. The van der Waals surface area contributed by atoms with Crippen molar-refractivity contribution in [2.24, 2.45) is 0 Å². The van der Waals surface area contributed by atoms with E-state index in [0.717, 1.165) is 32.4 Å². The molecule has 3 aliphatic rings. The second kappa shape index (κ2) is 9.32. The monoisotopic (exact) mass is 454 g/mol. The molecule has 2 saturated heterocycles. The molecule has 0 aromatic heterocycles. The molecule has 172 valence electrons. The normalized spacial score (nSPS) is 24.0. The minimum Gasteiger partial charge on any atom is -0.491 e. The summed E-state index contributed by atoms with van der Waals surface area (Å²) in [7, 11) is -3.30. The Morgan fingerprint density at radius 3 is 2.81 bits per heavy atom. The first-order valence-electron chi connectivity index (χ1n) is 10.8. The molecule has 3 N–H and O–H groups in total. The number of aliphatic hydroxyl groups is 1. The fourth-order valence-corrected chi connectivity index (χ4v) is 5.79. The summed E-state index contributed by atoms with van der Waals surface area (Å²) in [6.07, 6.45) is 2.36. The molecule has 0 radical (unpaired) electrons. The van der Waals surface area contributed by atoms with Crippen LogP contribution in [0, 0.1) is 0 Å². The molecule has 1 amide bonds. The topological polar surface area (TPSA) is 123 Å². The van der Waals surface area contributed by atoms with E-state index in [1.807, 2.05) is 0 Å². The maximum atomic E-state index is 12.3. The lowest BCUT2D eigenvalue weighted by Crippen LogP contribution is -2.43. The largest absolute Gasteiger partial charge is 0.491 e. The third-order valence-corrected chi connectivity index (χ3v) is 8.25. The van der Waals surface area contributed by atoms with Crippen molar-refractivity contribution in [1.82, 2.24) is 10.6 Å². The van der Waals surface area contributed by atoms with Gasteiger partial charge in [0.15, 0.2) is 9.84 Å². The first-order chi connectivity index (χ1) is 14.9. The molecule has 31 heavy (non-hydrogen) atoms. The Morgan fingerprint density at radius 1 is 1.29 bits per heavy atom. The summed E-state index contributed by atoms with van der Waals surface area (Å²) in [6, 6.07) is 6.15. The van der Waals surface area contributed by atoms with Gasteiger partial charge in [0.05, 0.1) is 28.4 Å². The van der Waals surface area contributed by atoms with Crippen molar-refractivity contribution in [3.63, 3.8) is 0 Å². The van der Waals surface area contributed by atoms with Gasteiger partial charge in [0, 0.05) is 0 Å². The van der Waals surface area contributed by atoms with Gasteiger partial charge in [-0.05, 0) is 63.4 Å². The van der Waals surface area contributed by atoms with Gasteiger partial charge in [0.1, 0.15) is 25.1 Å². The highest BCUT2D eigenvalue weighted by molar-refractivity contribution is 7.92. The molecule has 2 aliphatic heterocycles. The number of hydrogen-bond acceptors (Lipinski definition) is 8. The number of sulfone groups is 1. The van der Waals surface area contributed by atoms with Gasteiger partial charge in [-0.15, -0.1) is 0 Å². The third-order valence-electron chi connectivity index (χ3n) is 5.99. The fourth-order valence-electron chi connectivity index (χ4n) is 4.10. The quantitative estimate of drug-likeness (QED) is 0.532. The van der Waals surface area contributed by atoms with Crippen LogP contribution >= 0.6 is 0 Å². The summed E-state index contributed by atoms with van der Waals surface area (Å²) in [5.41, 5.74) is -0.155. The predicted molar refractivity (Wildman–Crippen MR) is 112 cm³/mol. The van der Waals surface area contributed by atoms with E-state index in [2.05, 4.69) is 10.6 Å². The summed E-state index contributed by atoms with van der Waals surface area (Å²) in [5.74, 6) is 0.348. The second-order valence-electron chi connectivity index (χ2n) is 8.57. The molecule has 1 aliphatic carbocycles. The minimum atomic E-state index is -3.30. The lowest BCUT2D eigenvalue weighted by atomic mass is 9.88. The van der Waals surface area contributed by atoms with E-state index in [9.17, 15) is 18.3 Å². The van der Waals surface area contributed by atoms with Crippen LogP contribution < -0.4 is 15.4 Å². The lowest BCUT2D eigenvalue weighted by molar-refractivity contribution is -0.0194. The van der Waals surface area contributed by atoms with Gasteiger partial charge in [0.25, 0.3) is 0 Å². The molecule has 1 aromatic carbocycles. The Bertz CT molecular complexity index is 881. The van der Waals surface area contributed by atoms with Crippen molar-refractivity contribution < 1.29 is 32.5 Å². The van der Waals surface area contributed by atoms with Crippen molar-refractivity contribution in [3.8, 4) is 5.75 Å². The van der Waals surface area contributed by atoms with Crippen LogP contribution in [0.4, 0.5) is 4.79 Å². The zero-order valence-corrected chi connectivity index (χ0v) is 18.2. The van der Waals surface area contributed by atoms with Crippen molar-refractivity contribution in [1.29, 1.82) is 0 Å². The number of ether oxygens (including phenoxy) is 3. The summed E-state index contributed by atoms with van der Waals surface area (Å²) in [6.45, 7) is 1.94. The van der Waals surface area contributed by atoms with Crippen LogP contribution in [0.1, 0.15) is 32.1 Å². The van der Waals surface area contributed by atoms with Crippen LogP contribution in [0.15, 0.2) is 29.2 Å². The molecule has 1 spiro atoms. The molecule has 4 rings (SSSR count). The van der Waals surface area contributed by atoms with Crippen LogP contribution in [0.5, 0.6) is 5.75 Å². The molecular formula is C21H30N2O7S. The van der Waals surface area contributed by atoms with Gasteiger partial charge < -0.3 is 30.0 Å². The number of aliphatic hydroxyl groups excluding tert-OH is 1. The summed E-state index contributed by atoms with van der Waals surface area (Å²) >= 11 is 0. The Hall–Kier alpha value is -1.88. The van der Waals surface area contributed by atoms with Crippen LogP contribution in [-0.4, -0.2) is 75.5 Å². The van der Waals surface area contributed by atoms with Crippen molar-refractivity contribution in [2.75, 3.05) is 32.9 Å². The first kappa shape index (κ1) is 22.3. The zero-order valence-electron chi connectivity index (χ0n) is 17.4. The van der Waals surface area contributed by atoms with E-state index in [-0.39, 0.29) is 35.0 Å². The highest BCUT2D eigenvalue weighted by atomic mass is 32.2. The molecule has 1 aromatic rings. The number of alkyl carbamates (subject to hydrolysis) is 1. The number of benzene rings is 1. The number of carbonyl (C=O) groups excluding carboxylic acids is 1. The van der Waals surface area contributed by atoms with Gasteiger partial charge in [0.2, 0.25) is 0 Å². The summed E-state index contributed by atoms with van der Waals surface area (Å²) in [5, 5.41) is 15.9. The van der Waals surface area contributed by atoms with Gasteiger partial charge in [-0.3, -0.25) is 0 Å². The first-order valence-corrected chi connectivity index (χ1v) is 12.3. The molecular weight excluding hydrogens is 424 g/mol. The van der Waals surface area contributed by atoms with E-state index in [0.29, 0.717) is 25.2 Å². The highest BCUT2D eigenvalue weighted by Gasteiger charge is 2.41. The average molecular weight is 455 g/mol. The minimum absolute atomic E-state index is 0.102. The number of carbonyl (C=O) groups is 1. The molecule has 1 saturated carbocycles. The van der Waals surface area contributed by atoms with Gasteiger partial charge in [-0.25, -0.2) is 13.2 Å². The van der Waals surface area contributed by atoms with Crippen LogP contribution in [0.3, 0.4) is 0 Å². The van der Waals surface area contributed by atoms with Crippen LogP contribution in [0.2, 0.25) is 0 Å². The van der Waals surface area contributed by atoms with Crippen molar-refractivity contribution in [3.05, 3.63) is 24.3 Å². The Kier molecular flexibility index (Phi) is 6.71. The third kappa shape index (κ3) is 5.68. The maximum absolute atomic E-state index is 12.3. The van der Waals surface area contributed by atoms with Gasteiger partial charge in [-0.2, -0.15) is 0 Å². The number of amides is 1. The molecule has 0 bridgehead atoms. The average Bonchev–Trinajstić information content (AvgIpc) is 3.56. The van der Waals surface area contributed by atoms with Gasteiger partial charge in [-0.1, -0.05) is 6.07 Å². The van der Waals surface area contributed by atoms with E-state index in [1.54, 1.807) is 18.2 Å². The highest BCUT2D eigenvalue weighted by Crippen LogP contribution is 2.35. The Labute approximate surface area is 182 Å². The van der Waals surface area contributed by atoms with Crippen molar-refractivity contribution >= 4 is 15.9 Å². The second-order valence-corrected chi connectivity index (χ2v) is 10.8. The number of piperidine rings is 1. The predicted octanol–water partition coefficient (Wildman–Crippen LogP) is 1.000. The zero-order chi connectivity index (χ0) is 21.9.